The maximum Gasteiger partial charge on any atom is 0.165 e. The van der Waals surface area contributed by atoms with Crippen LogP contribution in [0.4, 0.5) is 0 Å². The van der Waals surface area contributed by atoms with E-state index in [1.807, 2.05) is 54.6 Å². The van der Waals surface area contributed by atoms with Crippen LogP contribution < -0.4 is 0 Å². The first-order valence-corrected chi connectivity index (χ1v) is 6.09. The van der Waals surface area contributed by atoms with Crippen molar-refractivity contribution in [3.8, 4) is 0 Å². The second kappa shape index (κ2) is 4.57. The topological polar surface area (TPSA) is 29.4 Å². The van der Waals surface area contributed by atoms with Gasteiger partial charge in [-0.15, -0.1) is 0 Å². The third kappa shape index (κ3) is 1.86. The predicted octanol–water partition coefficient (Wildman–Crippen LogP) is 3.11. The highest BCUT2D eigenvalue weighted by Crippen LogP contribution is 2.20. The van der Waals surface area contributed by atoms with Crippen LogP contribution in [0.15, 0.2) is 59.6 Å². The van der Waals surface area contributed by atoms with Gasteiger partial charge in [0.2, 0.25) is 0 Å². The van der Waals surface area contributed by atoms with Crippen molar-refractivity contribution in [2.75, 3.05) is 6.54 Å². The molecule has 0 radical (unpaired) electrons. The SMILES string of the molecule is O=C1CCN=C(c2ccccc2)c2ccccc21. The van der Waals surface area contributed by atoms with Gasteiger partial charge in [0.05, 0.1) is 5.71 Å². The number of Topliss-reactive ketones (excluding diaryl/α,β-unsaturated/α-hetero) is 1. The fourth-order valence-corrected chi connectivity index (χ4v) is 2.26. The smallest absolute Gasteiger partial charge is 0.165 e. The second-order valence-electron chi connectivity index (χ2n) is 4.32. The number of fused-ring (bicyclic) bond motifs is 1. The number of rotatable bonds is 1. The Bertz CT molecular complexity index is 614. The van der Waals surface area contributed by atoms with E-state index in [-0.39, 0.29) is 5.78 Å². The molecule has 0 aromatic heterocycles. The molecule has 88 valence electrons. The number of hydrogen-bond acceptors (Lipinski definition) is 2. The summed E-state index contributed by atoms with van der Waals surface area (Å²) in [6.07, 6.45) is 0.493. The maximum absolute atomic E-state index is 12.0. The van der Waals surface area contributed by atoms with Crippen molar-refractivity contribution < 1.29 is 4.79 Å². The Labute approximate surface area is 106 Å². The third-order valence-electron chi connectivity index (χ3n) is 3.14. The van der Waals surface area contributed by atoms with E-state index in [1.165, 1.54) is 0 Å². The number of aliphatic imine (C=N–C) groups is 1. The molecule has 0 amide bonds. The molecule has 0 fully saturated rings. The Hall–Kier alpha value is -2.22. The third-order valence-corrected chi connectivity index (χ3v) is 3.14. The Morgan fingerprint density at radius 3 is 2.28 bits per heavy atom. The predicted molar refractivity (Wildman–Crippen MR) is 72.3 cm³/mol. The monoisotopic (exact) mass is 235 g/mol. The Kier molecular flexibility index (Phi) is 2.77. The molecule has 0 unspecified atom stereocenters. The van der Waals surface area contributed by atoms with Crippen molar-refractivity contribution in [3.05, 3.63) is 71.3 Å². The van der Waals surface area contributed by atoms with E-state index in [1.54, 1.807) is 0 Å². The van der Waals surface area contributed by atoms with Gasteiger partial charge in [0.25, 0.3) is 0 Å². The standard InChI is InChI=1S/C16H13NO/c18-15-10-11-17-16(12-6-2-1-3-7-12)14-9-5-4-8-13(14)15/h1-9H,10-11H2. The summed E-state index contributed by atoms with van der Waals surface area (Å²) < 4.78 is 0. The van der Waals surface area contributed by atoms with Gasteiger partial charge in [-0.25, -0.2) is 0 Å². The number of nitrogens with zero attached hydrogens (tertiary/aromatic N) is 1. The van der Waals surface area contributed by atoms with E-state index in [0.29, 0.717) is 13.0 Å². The number of carbonyl (C=O) groups excluding carboxylic acids is 1. The van der Waals surface area contributed by atoms with Gasteiger partial charge in [0.1, 0.15) is 0 Å². The highest BCUT2D eigenvalue weighted by atomic mass is 16.1. The molecular formula is C16H13NO. The van der Waals surface area contributed by atoms with Crippen LogP contribution in [0.1, 0.15) is 27.9 Å². The molecule has 1 aliphatic heterocycles. The van der Waals surface area contributed by atoms with Crippen LogP contribution in [0, 0.1) is 0 Å². The quantitative estimate of drug-likeness (QED) is 0.746. The van der Waals surface area contributed by atoms with E-state index in [9.17, 15) is 4.79 Å². The average molecular weight is 235 g/mol. The number of benzene rings is 2. The molecule has 2 aromatic rings. The van der Waals surface area contributed by atoms with Crippen molar-refractivity contribution >= 4 is 11.5 Å². The summed E-state index contributed by atoms with van der Waals surface area (Å²) in [5.41, 5.74) is 3.74. The minimum atomic E-state index is 0.181. The molecule has 18 heavy (non-hydrogen) atoms. The zero-order valence-corrected chi connectivity index (χ0v) is 9.97. The summed E-state index contributed by atoms with van der Waals surface area (Å²) in [5.74, 6) is 0.181. The minimum absolute atomic E-state index is 0.181. The largest absolute Gasteiger partial charge is 0.294 e. The lowest BCUT2D eigenvalue weighted by molar-refractivity contribution is 0.0986. The second-order valence-corrected chi connectivity index (χ2v) is 4.32. The van der Waals surface area contributed by atoms with Gasteiger partial charge in [-0.2, -0.15) is 0 Å². The molecular weight excluding hydrogens is 222 g/mol. The molecule has 0 N–H and O–H groups in total. The molecule has 2 heteroatoms. The maximum atomic E-state index is 12.0. The van der Waals surface area contributed by atoms with Crippen LogP contribution >= 0.6 is 0 Å². The lowest BCUT2D eigenvalue weighted by Gasteiger charge is -2.08. The van der Waals surface area contributed by atoms with E-state index < -0.39 is 0 Å². The normalized spacial score (nSPS) is 14.7. The van der Waals surface area contributed by atoms with Crippen LogP contribution in [0.3, 0.4) is 0 Å². The molecule has 0 atom stereocenters. The fraction of sp³-hybridized carbons (Fsp3) is 0.125. The summed E-state index contributed by atoms with van der Waals surface area (Å²) in [6.45, 7) is 0.567. The van der Waals surface area contributed by atoms with Crippen molar-refractivity contribution in [3.63, 3.8) is 0 Å². The van der Waals surface area contributed by atoms with E-state index >= 15 is 0 Å². The highest BCUT2D eigenvalue weighted by Gasteiger charge is 2.18. The van der Waals surface area contributed by atoms with Gasteiger partial charge in [-0.3, -0.25) is 9.79 Å². The van der Waals surface area contributed by atoms with Gasteiger partial charge in [-0.05, 0) is 0 Å². The van der Waals surface area contributed by atoms with Crippen LogP contribution in [-0.4, -0.2) is 18.0 Å². The molecule has 0 saturated carbocycles. The molecule has 0 aliphatic carbocycles. The Balaban J connectivity index is 2.19. The minimum Gasteiger partial charge on any atom is -0.294 e. The van der Waals surface area contributed by atoms with Gasteiger partial charge in [0, 0.05) is 29.7 Å². The number of carbonyl (C=O) groups is 1. The van der Waals surface area contributed by atoms with E-state index in [4.69, 9.17) is 0 Å². The van der Waals surface area contributed by atoms with Crippen molar-refractivity contribution in [1.29, 1.82) is 0 Å². The van der Waals surface area contributed by atoms with Crippen LogP contribution in [0.2, 0.25) is 0 Å². The molecule has 0 spiro atoms. The van der Waals surface area contributed by atoms with Gasteiger partial charge < -0.3 is 0 Å². The Morgan fingerprint density at radius 2 is 1.50 bits per heavy atom. The van der Waals surface area contributed by atoms with Gasteiger partial charge >= 0.3 is 0 Å². The summed E-state index contributed by atoms with van der Waals surface area (Å²) in [4.78, 5) is 16.6. The summed E-state index contributed by atoms with van der Waals surface area (Å²) in [6, 6.07) is 17.8. The lowest BCUT2D eigenvalue weighted by atomic mass is 9.96. The zero-order chi connectivity index (χ0) is 12.4. The van der Waals surface area contributed by atoms with Crippen molar-refractivity contribution in [2.45, 2.75) is 6.42 Å². The lowest BCUT2D eigenvalue weighted by Crippen LogP contribution is -2.07. The van der Waals surface area contributed by atoms with Crippen molar-refractivity contribution in [1.82, 2.24) is 0 Å². The first-order valence-electron chi connectivity index (χ1n) is 6.09. The number of ketones is 1. The first kappa shape index (κ1) is 10.9. The molecule has 1 aliphatic rings. The molecule has 0 saturated heterocycles. The van der Waals surface area contributed by atoms with Crippen LogP contribution in [-0.2, 0) is 0 Å². The van der Waals surface area contributed by atoms with Crippen molar-refractivity contribution in [2.24, 2.45) is 4.99 Å². The van der Waals surface area contributed by atoms with Gasteiger partial charge in [-0.1, -0.05) is 54.6 Å². The molecule has 2 aromatic carbocycles. The molecule has 0 bridgehead atoms. The fourth-order valence-electron chi connectivity index (χ4n) is 2.26. The Morgan fingerprint density at radius 1 is 0.833 bits per heavy atom. The molecule has 1 heterocycles. The first-order chi connectivity index (χ1) is 8.86. The van der Waals surface area contributed by atoms with Crippen LogP contribution in [0.25, 0.3) is 0 Å². The van der Waals surface area contributed by atoms with Gasteiger partial charge in [0.15, 0.2) is 5.78 Å². The summed E-state index contributed by atoms with van der Waals surface area (Å²) in [7, 11) is 0. The van der Waals surface area contributed by atoms with E-state index in [0.717, 1.165) is 22.4 Å². The van der Waals surface area contributed by atoms with E-state index in [2.05, 4.69) is 4.99 Å². The summed E-state index contributed by atoms with van der Waals surface area (Å²) >= 11 is 0. The highest BCUT2D eigenvalue weighted by molar-refractivity contribution is 6.19. The molecule has 3 rings (SSSR count). The number of hydrogen-bond donors (Lipinski definition) is 0. The average Bonchev–Trinajstić information content (AvgIpc) is 2.60. The zero-order valence-electron chi connectivity index (χ0n) is 9.97. The molecule has 2 nitrogen and oxygen atoms in total. The summed E-state index contributed by atoms with van der Waals surface area (Å²) in [5, 5.41) is 0. The van der Waals surface area contributed by atoms with Crippen LogP contribution in [0.5, 0.6) is 0 Å².